The lowest BCUT2D eigenvalue weighted by molar-refractivity contribution is 0.398. The van der Waals surface area contributed by atoms with Crippen molar-refractivity contribution in [2.75, 3.05) is 7.11 Å². The molecule has 0 fully saturated rings. The summed E-state index contributed by atoms with van der Waals surface area (Å²) in [5, 5.41) is 0. The summed E-state index contributed by atoms with van der Waals surface area (Å²) < 4.78 is 5.07. The molecule has 5 nitrogen and oxygen atoms in total. The number of aromatic nitrogens is 3. The van der Waals surface area contributed by atoms with Gasteiger partial charge in [-0.05, 0) is 25.3 Å². The molecule has 5 heteroatoms. The van der Waals surface area contributed by atoms with Crippen molar-refractivity contribution < 1.29 is 4.74 Å². The van der Waals surface area contributed by atoms with E-state index in [0.717, 1.165) is 30.5 Å². The maximum Gasteiger partial charge on any atom is 0.254 e. The first kappa shape index (κ1) is 11.0. The monoisotopic (exact) mass is 243 g/mol. The number of hydrogen-bond acceptors (Lipinski definition) is 4. The van der Waals surface area contributed by atoms with Crippen LogP contribution in [0.5, 0.6) is 5.88 Å². The standard InChI is InChI=1S/C13H13N3O2/c1-18-11-7-3-6-10(14-11)12-15-9-5-2-4-8(9)13(17)16-12/h3,6-7H,2,4-5H2,1H3,(H,15,16,17). The molecule has 0 atom stereocenters. The SMILES string of the molecule is COc1cccc(-c2nc3c(c(=O)[nH]2)CCC3)n1. The zero-order valence-corrected chi connectivity index (χ0v) is 10.1. The van der Waals surface area contributed by atoms with Crippen LogP contribution in [-0.4, -0.2) is 22.1 Å². The first-order valence-electron chi connectivity index (χ1n) is 5.91. The highest BCUT2D eigenvalue weighted by Crippen LogP contribution is 2.20. The zero-order valence-electron chi connectivity index (χ0n) is 10.1. The molecular formula is C13H13N3O2. The molecule has 1 aliphatic rings. The fourth-order valence-corrected chi connectivity index (χ4v) is 2.22. The predicted octanol–water partition coefficient (Wildman–Crippen LogP) is 1.33. The Morgan fingerprint density at radius 2 is 2.17 bits per heavy atom. The number of H-pyrrole nitrogens is 1. The third-order valence-electron chi connectivity index (χ3n) is 3.12. The second-order valence-electron chi connectivity index (χ2n) is 4.26. The Morgan fingerprint density at radius 3 is 3.00 bits per heavy atom. The molecule has 3 rings (SSSR count). The van der Waals surface area contributed by atoms with E-state index in [9.17, 15) is 4.79 Å². The van der Waals surface area contributed by atoms with E-state index in [2.05, 4.69) is 15.0 Å². The molecule has 2 aromatic heterocycles. The van der Waals surface area contributed by atoms with Gasteiger partial charge in [-0.3, -0.25) is 4.79 Å². The lowest BCUT2D eigenvalue weighted by Crippen LogP contribution is -2.15. The van der Waals surface area contributed by atoms with Crippen molar-refractivity contribution in [3.8, 4) is 17.4 Å². The number of aryl methyl sites for hydroxylation is 1. The number of fused-ring (bicyclic) bond motifs is 1. The highest BCUT2D eigenvalue weighted by atomic mass is 16.5. The normalized spacial score (nSPS) is 13.4. The lowest BCUT2D eigenvalue weighted by Gasteiger charge is -2.04. The van der Waals surface area contributed by atoms with Crippen LogP contribution in [0.1, 0.15) is 17.7 Å². The molecule has 0 aliphatic heterocycles. The van der Waals surface area contributed by atoms with E-state index < -0.39 is 0 Å². The summed E-state index contributed by atoms with van der Waals surface area (Å²) in [6, 6.07) is 5.39. The molecule has 1 N–H and O–H groups in total. The zero-order chi connectivity index (χ0) is 12.5. The average Bonchev–Trinajstić information content (AvgIpc) is 2.87. The summed E-state index contributed by atoms with van der Waals surface area (Å²) in [5.41, 5.74) is 2.30. The van der Waals surface area contributed by atoms with E-state index in [4.69, 9.17) is 4.74 Å². The molecule has 18 heavy (non-hydrogen) atoms. The van der Waals surface area contributed by atoms with Crippen LogP contribution in [0, 0.1) is 0 Å². The van der Waals surface area contributed by atoms with Crippen molar-refractivity contribution in [1.29, 1.82) is 0 Å². The van der Waals surface area contributed by atoms with E-state index in [1.54, 1.807) is 13.2 Å². The van der Waals surface area contributed by atoms with Crippen molar-refractivity contribution in [2.45, 2.75) is 19.3 Å². The van der Waals surface area contributed by atoms with Gasteiger partial charge in [-0.25, -0.2) is 9.97 Å². The molecule has 1 aliphatic carbocycles. The summed E-state index contributed by atoms with van der Waals surface area (Å²) in [6.45, 7) is 0. The summed E-state index contributed by atoms with van der Waals surface area (Å²) in [6.07, 6.45) is 2.69. The van der Waals surface area contributed by atoms with Gasteiger partial charge >= 0.3 is 0 Å². The topological polar surface area (TPSA) is 67.9 Å². The number of ether oxygens (including phenoxy) is 1. The molecule has 0 spiro atoms. The van der Waals surface area contributed by atoms with Gasteiger partial charge in [-0.1, -0.05) is 6.07 Å². The van der Waals surface area contributed by atoms with Gasteiger partial charge in [0.15, 0.2) is 5.82 Å². The highest BCUT2D eigenvalue weighted by Gasteiger charge is 2.18. The molecule has 0 aromatic carbocycles. The molecule has 0 saturated carbocycles. The smallest absolute Gasteiger partial charge is 0.254 e. The maximum absolute atomic E-state index is 11.9. The minimum Gasteiger partial charge on any atom is -0.481 e. The molecule has 2 aromatic rings. The fourth-order valence-electron chi connectivity index (χ4n) is 2.22. The Hall–Kier alpha value is -2.17. The molecule has 0 amide bonds. The number of nitrogens with zero attached hydrogens (tertiary/aromatic N) is 2. The molecule has 92 valence electrons. The average molecular weight is 243 g/mol. The Labute approximate surface area is 104 Å². The Bertz CT molecular complexity index is 649. The van der Waals surface area contributed by atoms with E-state index in [-0.39, 0.29) is 5.56 Å². The first-order valence-corrected chi connectivity index (χ1v) is 5.91. The van der Waals surface area contributed by atoms with E-state index in [0.29, 0.717) is 17.4 Å². The Morgan fingerprint density at radius 1 is 1.28 bits per heavy atom. The van der Waals surface area contributed by atoms with Gasteiger partial charge in [0.25, 0.3) is 5.56 Å². The van der Waals surface area contributed by atoms with Gasteiger partial charge in [0.05, 0.1) is 12.8 Å². The quantitative estimate of drug-likeness (QED) is 0.864. The number of pyridine rings is 1. The minimum absolute atomic E-state index is 0.0443. The van der Waals surface area contributed by atoms with Crippen LogP contribution in [0.25, 0.3) is 11.5 Å². The number of methoxy groups -OCH3 is 1. The third-order valence-corrected chi connectivity index (χ3v) is 3.12. The maximum atomic E-state index is 11.9. The van der Waals surface area contributed by atoms with Crippen LogP contribution >= 0.6 is 0 Å². The van der Waals surface area contributed by atoms with E-state index >= 15 is 0 Å². The number of rotatable bonds is 2. The van der Waals surface area contributed by atoms with Crippen LogP contribution in [0.2, 0.25) is 0 Å². The summed E-state index contributed by atoms with van der Waals surface area (Å²) >= 11 is 0. The second kappa shape index (κ2) is 4.25. The fraction of sp³-hybridized carbons (Fsp3) is 0.308. The first-order chi connectivity index (χ1) is 8.78. The van der Waals surface area contributed by atoms with Crippen LogP contribution in [-0.2, 0) is 12.8 Å². The Kier molecular flexibility index (Phi) is 2.59. The van der Waals surface area contributed by atoms with Gasteiger partial charge < -0.3 is 9.72 Å². The van der Waals surface area contributed by atoms with Crippen LogP contribution in [0.4, 0.5) is 0 Å². The van der Waals surface area contributed by atoms with Gasteiger partial charge in [0.1, 0.15) is 5.69 Å². The second-order valence-corrected chi connectivity index (χ2v) is 4.26. The molecule has 2 heterocycles. The van der Waals surface area contributed by atoms with Crippen LogP contribution < -0.4 is 10.3 Å². The summed E-state index contributed by atoms with van der Waals surface area (Å²) in [5.74, 6) is 1.02. The number of hydrogen-bond donors (Lipinski definition) is 1. The van der Waals surface area contributed by atoms with Gasteiger partial charge in [0, 0.05) is 11.6 Å². The van der Waals surface area contributed by atoms with Crippen molar-refractivity contribution in [3.63, 3.8) is 0 Å². The predicted molar refractivity (Wildman–Crippen MR) is 66.7 cm³/mol. The summed E-state index contributed by atoms with van der Waals surface area (Å²) in [4.78, 5) is 23.5. The summed E-state index contributed by atoms with van der Waals surface area (Å²) in [7, 11) is 1.56. The van der Waals surface area contributed by atoms with Gasteiger partial charge in [0.2, 0.25) is 5.88 Å². The number of aromatic amines is 1. The molecule has 0 bridgehead atoms. The minimum atomic E-state index is -0.0443. The van der Waals surface area contributed by atoms with Crippen molar-refractivity contribution >= 4 is 0 Å². The van der Waals surface area contributed by atoms with Crippen molar-refractivity contribution in [1.82, 2.24) is 15.0 Å². The molecule has 0 unspecified atom stereocenters. The molecule has 0 saturated heterocycles. The van der Waals surface area contributed by atoms with Gasteiger partial charge in [-0.15, -0.1) is 0 Å². The van der Waals surface area contributed by atoms with Crippen molar-refractivity contribution in [3.05, 3.63) is 39.8 Å². The lowest BCUT2D eigenvalue weighted by atomic mass is 10.2. The highest BCUT2D eigenvalue weighted by molar-refractivity contribution is 5.50. The van der Waals surface area contributed by atoms with E-state index in [1.165, 1.54) is 0 Å². The van der Waals surface area contributed by atoms with Crippen LogP contribution in [0.15, 0.2) is 23.0 Å². The molecular weight excluding hydrogens is 230 g/mol. The van der Waals surface area contributed by atoms with E-state index in [1.807, 2.05) is 12.1 Å². The van der Waals surface area contributed by atoms with Gasteiger partial charge in [-0.2, -0.15) is 0 Å². The van der Waals surface area contributed by atoms with Crippen LogP contribution in [0.3, 0.4) is 0 Å². The largest absolute Gasteiger partial charge is 0.481 e. The molecule has 0 radical (unpaired) electrons. The Balaban J connectivity index is 2.12. The number of nitrogens with one attached hydrogen (secondary N) is 1. The third kappa shape index (κ3) is 1.77. The van der Waals surface area contributed by atoms with Crippen molar-refractivity contribution in [2.24, 2.45) is 0 Å².